The Morgan fingerprint density at radius 3 is 1.92 bits per heavy atom. The van der Waals surface area contributed by atoms with Crippen molar-refractivity contribution in [2.75, 3.05) is 12.5 Å². The maximum Gasteiger partial charge on any atom is 0.631 e. The van der Waals surface area contributed by atoms with Crippen LogP contribution in [0.15, 0.2) is 0 Å². The third-order valence-corrected chi connectivity index (χ3v) is 0.639. The third-order valence-electron chi connectivity index (χ3n) is 0.485. The molecule has 7 nitrogen and oxygen atoms in total. The van der Waals surface area contributed by atoms with Gasteiger partial charge in [0.25, 0.3) is 0 Å². The number of alkyl halides is 1. The largest absolute Gasteiger partial charge is 0.631 e. The normalized spacial score (nSPS) is 8.00. The van der Waals surface area contributed by atoms with Gasteiger partial charge in [-0.1, -0.05) is 0 Å². The van der Waals surface area contributed by atoms with Gasteiger partial charge in [-0.3, -0.25) is 0 Å². The summed E-state index contributed by atoms with van der Waals surface area (Å²) in [6, 6.07) is 0. The van der Waals surface area contributed by atoms with Crippen LogP contribution < -0.4 is 0 Å². The van der Waals surface area contributed by atoms with Crippen LogP contribution in [0.1, 0.15) is 0 Å². The molecule has 0 spiro atoms. The van der Waals surface area contributed by atoms with Crippen LogP contribution in [0, 0.1) is 0 Å². The van der Waals surface area contributed by atoms with Crippen LogP contribution in [0.2, 0.25) is 0 Å². The molecule has 0 aromatic carbocycles. The highest BCUT2D eigenvalue weighted by atomic mass is 35.5. The van der Waals surface area contributed by atoms with Crippen LogP contribution in [0.25, 0.3) is 0 Å². The lowest BCUT2D eigenvalue weighted by atomic mass is 10.3. The summed E-state index contributed by atoms with van der Waals surface area (Å²) in [5.41, 5.74) is 0. The molecule has 0 fully saturated rings. The molecule has 76 valence electrons. The first-order valence-corrected chi connectivity index (χ1v) is 3.45. The van der Waals surface area contributed by atoms with Gasteiger partial charge in [0.1, 0.15) is 6.61 Å². The monoisotopic (exact) mass is 214 g/mol. The standard InChI is InChI=1S/C4H5ClO4.BH3O3/c5-1-2-9-4(8)3(6)7;2-1(3)4/h1-2H2,(H,6,7);2-4H. The van der Waals surface area contributed by atoms with Crippen LogP contribution in [0.4, 0.5) is 0 Å². The van der Waals surface area contributed by atoms with E-state index in [9.17, 15) is 9.59 Å². The highest BCUT2D eigenvalue weighted by Gasteiger charge is 2.10. The molecule has 0 rings (SSSR count). The number of hydrogen-bond acceptors (Lipinski definition) is 6. The van der Waals surface area contributed by atoms with E-state index in [4.69, 9.17) is 31.8 Å². The fraction of sp³-hybridized carbons (Fsp3) is 0.500. The van der Waals surface area contributed by atoms with Crippen molar-refractivity contribution in [3.05, 3.63) is 0 Å². The van der Waals surface area contributed by atoms with E-state index in [1.807, 2.05) is 0 Å². The SMILES string of the molecule is O=C(O)C(=O)OCCCl.OB(O)O. The van der Waals surface area contributed by atoms with Gasteiger partial charge in [-0.05, 0) is 0 Å². The van der Waals surface area contributed by atoms with Gasteiger partial charge >= 0.3 is 19.3 Å². The van der Waals surface area contributed by atoms with Crippen molar-refractivity contribution in [1.29, 1.82) is 0 Å². The predicted molar refractivity (Wildman–Crippen MR) is 41.7 cm³/mol. The molecule has 0 amide bonds. The first kappa shape index (κ1) is 14.7. The number of halogens is 1. The average molecular weight is 214 g/mol. The number of hydrogen-bond donors (Lipinski definition) is 4. The van der Waals surface area contributed by atoms with E-state index in [1.54, 1.807) is 0 Å². The number of esters is 1. The summed E-state index contributed by atoms with van der Waals surface area (Å²) >= 11 is 5.08. The van der Waals surface area contributed by atoms with Crippen molar-refractivity contribution in [2.24, 2.45) is 0 Å². The topological polar surface area (TPSA) is 124 Å². The average Bonchev–Trinajstić information content (AvgIpc) is 1.98. The number of carboxylic acid groups (broad SMARTS) is 1. The highest BCUT2D eigenvalue weighted by Crippen LogP contribution is 1.80. The quantitative estimate of drug-likeness (QED) is 0.178. The molecular formula is C4H8BClO7. The number of ether oxygens (including phenoxy) is 1. The van der Waals surface area contributed by atoms with Crippen LogP contribution >= 0.6 is 11.6 Å². The van der Waals surface area contributed by atoms with E-state index in [0.29, 0.717) is 0 Å². The molecule has 0 unspecified atom stereocenters. The molecule has 0 bridgehead atoms. The molecule has 0 aliphatic carbocycles. The highest BCUT2D eigenvalue weighted by molar-refractivity contribution is 6.30. The van der Waals surface area contributed by atoms with Crippen molar-refractivity contribution in [1.82, 2.24) is 0 Å². The van der Waals surface area contributed by atoms with Gasteiger partial charge in [-0.25, -0.2) is 9.59 Å². The Hall–Kier alpha value is -0.825. The molecular weight excluding hydrogens is 206 g/mol. The van der Waals surface area contributed by atoms with E-state index >= 15 is 0 Å². The maximum atomic E-state index is 10.0. The van der Waals surface area contributed by atoms with E-state index in [0.717, 1.165) is 0 Å². The Kier molecular flexibility index (Phi) is 10.5. The summed E-state index contributed by atoms with van der Waals surface area (Å²) < 4.78 is 4.08. The zero-order valence-electron chi connectivity index (χ0n) is 6.38. The van der Waals surface area contributed by atoms with Crippen LogP contribution in [0.3, 0.4) is 0 Å². The third kappa shape index (κ3) is 18.3. The second kappa shape index (κ2) is 9.26. The first-order valence-electron chi connectivity index (χ1n) is 2.92. The molecule has 0 aliphatic rings. The van der Waals surface area contributed by atoms with Crippen molar-refractivity contribution in [3.63, 3.8) is 0 Å². The number of carboxylic acids is 1. The van der Waals surface area contributed by atoms with Crippen molar-refractivity contribution >= 4 is 30.9 Å². The Labute approximate surface area is 78.7 Å². The molecule has 0 radical (unpaired) electrons. The summed E-state index contributed by atoms with van der Waals surface area (Å²) in [5, 5.41) is 29.4. The fourth-order valence-corrected chi connectivity index (χ4v) is 0.270. The zero-order chi connectivity index (χ0) is 10.9. The predicted octanol–water partition coefficient (Wildman–Crippen LogP) is -2.20. The van der Waals surface area contributed by atoms with Crippen molar-refractivity contribution < 1.29 is 34.5 Å². The Bertz CT molecular complexity index is 158. The maximum absolute atomic E-state index is 10.0. The Morgan fingerprint density at radius 2 is 1.69 bits per heavy atom. The van der Waals surface area contributed by atoms with Crippen LogP contribution in [0.5, 0.6) is 0 Å². The van der Waals surface area contributed by atoms with E-state index < -0.39 is 19.3 Å². The summed E-state index contributed by atoms with van der Waals surface area (Å²) in [4.78, 5) is 19.7. The van der Waals surface area contributed by atoms with Gasteiger partial charge < -0.3 is 24.9 Å². The molecule has 13 heavy (non-hydrogen) atoms. The molecule has 4 N–H and O–H groups in total. The molecule has 0 saturated carbocycles. The van der Waals surface area contributed by atoms with Gasteiger partial charge in [0, 0.05) is 0 Å². The molecule has 0 saturated heterocycles. The smallest absolute Gasteiger partial charge is 0.473 e. The van der Waals surface area contributed by atoms with Gasteiger partial charge in [0.05, 0.1) is 5.88 Å². The minimum absolute atomic E-state index is 0.0628. The molecule has 0 heterocycles. The van der Waals surface area contributed by atoms with E-state index in [1.165, 1.54) is 0 Å². The second-order valence-electron chi connectivity index (χ2n) is 1.48. The zero-order valence-corrected chi connectivity index (χ0v) is 7.14. The molecule has 0 aliphatic heterocycles. The molecule has 9 heteroatoms. The molecule has 0 aromatic heterocycles. The van der Waals surface area contributed by atoms with Crippen LogP contribution in [-0.2, 0) is 14.3 Å². The Balaban J connectivity index is 0. The second-order valence-corrected chi connectivity index (χ2v) is 1.85. The summed E-state index contributed by atoms with van der Waals surface area (Å²) in [6.45, 7) is -0.0628. The van der Waals surface area contributed by atoms with Gasteiger partial charge in [-0.15, -0.1) is 11.6 Å². The fourth-order valence-electron chi connectivity index (χ4n) is 0.193. The number of carbonyl (C=O) groups is 2. The molecule has 0 atom stereocenters. The van der Waals surface area contributed by atoms with Crippen molar-refractivity contribution in [3.8, 4) is 0 Å². The number of rotatable bonds is 2. The van der Waals surface area contributed by atoms with E-state index in [-0.39, 0.29) is 12.5 Å². The first-order chi connectivity index (χ1) is 5.91. The summed E-state index contributed by atoms with van der Waals surface area (Å²) in [5.74, 6) is -2.75. The van der Waals surface area contributed by atoms with E-state index in [2.05, 4.69) is 4.74 Å². The van der Waals surface area contributed by atoms with Gasteiger partial charge in [0.2, 0.25) is 0 Å². The number of carbonyl (C=O) groups excluding carboxylic acids is 1. The lowest BCUT2D eigenvalue weighted by Gasteiger charge is -1.94. The van der Waals surface area contributed by atoms with Crippen molar-refractivity contribution in [2.45, 2.75) is 0 Å². The number of aliphatic carboxylic acids is 1. The van der Waals surface area contributed by atoms with Gasteiger partial charge in [0.15, 0.2) is 0 Å². The molecule has 0 aromatic rings. The summed E-state index contributed by atoms with van der Waals surface area (Å²) in [7, 11) is -2.17. The Morgan fingerprint density at radius 1 is 1.31 bits per heavy atom. The minimum atomic E-state index is -2.17. The van der Waals surface area contributed by atoms with Crippen LogP contribution in [-0.4, -0.2) is 51.9 Å². The lowest BCUT2D eigenvalue weighted by Crippen LogP contribution is -2.17. The minimum Gasteiger partial charge on any atom is -0.473 e. The lowest BCUT2D eigenvalue weighted by molar-refractivity contribution is -0.163. The van der Waals surface area contributed by atoms with Gasteiger partial charge in [-0.2, -0.15) is 0 Å². The summed E-state index contributed by atoms with van der Waals surface area (Å²) in [6.07, 6.45) is 0.